The van der Waals surface area contributed by atoms with Gasteiger partial charge in [0.15, 0.2) is 0 Å². The van der Waals surface area contributed by atoms with E-state index in [1.807, 2.05) is 0 Å². The summed E-state index contributed by atoms with van der Waals surface area (Å²) in [5.74, 6) is -2.30. The van der Waals surface area contributed by atoms with E-state index in [1.165, 1.54) is 0 Å². The van der Waals surface area contributed by atoms with Crippen LogP contribution in [0.4, 0.5) is 8.78 Å². The van der Waals surface area contributed by atoms with Crippen molar-refractivity contribution in [3.8, 4) is 0 Å². The van der Waals surface area contributed by atoms with Gasteiger partial charge in [0, 0.05) is 12.8 Å². The van der Waals surface area contributed by atoms with Crippen LogP contribution >= 0.6 is 0 Å². The van der Waals surface area contributed by atoms with Crippen molar-refractivity contribution in [1.82, 2.24) is 0 Å². The van der Waals surface area contributed by atoms with Crippen molar-refractivity contribution in [3.05, 3.63) is 0 Å². The average Bonchev–Trinajstić information content (AvgIpc) is 1.60. The third-order valence-electron chi connectivity index (χ3n) is 1.51. The zero-order chi connectivity index (χ0) is 6.20. The van der Waals surface area contributed by atoms with E-state index >= 15 is 0 Å². The summed E-state index contributed by atoms with van der Waals surface area (Å²) < 4.78 is 23.8. The van der Waals surface area contributed by atoms with Gasteiger partial charge in [-0.05, 0) is 12.5 Å². The Morgan fingerprint density at radius 2 is 2.00 bits per heavy atom. The summed E-state index contributed by atoms with van der Waals surface area (Å²) in [5, 5.41) is 0. The first kappa shape index (κ1) is 5.95. The second-order valence-electron chi connectivity index (χ2n) is 2.37. The fourth-order valence-electron chi connectivity index (χ4n) is 0.952. The van der Waals surface area contributed by atoms with E-state index < -0.39 is 5.92 Å². The fraction of sp³-hybridized carbons (Fsp3) is 1.00. The largest absolute Gasteiger partial charge is 0.330 e. The molecule has 1 nitrogen and oxygen atoms in total. The minimum absolute atomic E-state index is 0.00347. The number of halogens is 2. The highest BCUT2D eigenvalue weighted by Crippen LogP contribution is 2.41. The van der Waals surface area contributed by atoms with Crippen LogP contribution in [0, 0.1) is 5.92 Å². The number of nitrogens with two attached hydrogens (primary N) is 1. The lowest BCUT2D eigenvalue weighted by Gasteiger charge is -2.33. The quantitative estimate of drug-likeness (QED) is 0.550. The average molecular weight is 121 g/mol. The molecule has 1 aliphatic carbocycles. The Balaban J connectivity index is 2.21. The number of rotatable bonds is 1. The van der Waals surface area contributed by atoms with Crippen molar-refractivity contribution in [2.24, 2.45) is 11.7 Å². The molecule has 0 aliphatic heterocycles. The molecule has 0 heterocycles. The summed E-state index contributed by atoms with van der Waals surface area (Å²) in [6, 6.07) is 0. The first-order valence-electron chi connectivity index (χ1n) is 2.72. The van der Waals surface area contributed by atoms with Crippen molar-refractivity contribution in [1.29, 1.82) is 0 Å². The van der Waals surface area contributed by atoms with Gasteiger partial charge in [-0.2, -0.15) is 0 Å². The molecule has 1 fully saturated rings. The van der Waals surface area contributed by atoms with Gasteiger partial charge in [-0.15, -0.1) is 0 Å². The first-order valence-corrected chi connectivity index (χ1v) is 2.72. The molecule has 1 saturated carbocycles. The molecule has 1 aliphatic rings. The molecule has 0 atom stereocenters. The van der Waals surface area contributed by atoms with Crippen molar-refractivity contribution in [3.63, 3.8) is 0 Å². The summed E-state index contributed by atoms with van der Waals surface area (Å²) in [5.41, 5.74) is 5.12. The SMILES string of the molecule is NCC1CC(F)(F)C1. The molecule has 0 radical (unpaired) electrons. The van der Waals surface area contributed by atoms with E-state index in [9.17, 15) is 8.78 Å². The number of hydrogen-bond acceptors (Lipinski definition) is 1. The van der Waals surface area contributed by atoms with E-state index in [0.717, 1.165) is 0 Å². The third-order valence-corrected chi connectivity index (χ3v) is 1.51. The van der Waals surface area contributed by atoms with Crippen LogP contribution in [-0.4, -0.2) is 12.5 Å². The molecule has 0 unspecified atom stereocenters. The monoisotopic (exact) mass is 121 g/mol. The van der Waals surface area contributed by atoms with E-state index in [-0.39, 0.29) is 18.8 Å². The van der Waals surface area contributed by atoms with Gasteiger partial charge < -0.3 is 5.73 Å². The zero-order valence-electron chi connectivity index (χ0n) is 4.53. The predicted molar refractivity (Wildman–Crippen MR) is 26.7 cm³/mol. The first-order chi connectivity index (χ1) is 3.64. The lowest BCUT2D eigenvalue weighted by atomic mass is 9.82. The van der Waals surface area contributed by atoms with Crippen LogP contribution in [0.5, 0.6) is 0 Å². The molecular formula is C5H9F2N. The van der Waals surface area contributed by atoms with Crippen LogP contribution in [-0.2, 0) is 0 Å². The summed E-state index contributed by atoms with van der Waals surface area (Å²) in [7, 11) is 0. The third kappa shape index (κ3) is 0.968. The normalized spacial score (nSPS) is 27.4. The Morgan fingerprint density at radius 3 is 2.12 bits per heavy atom. The van der Waals surface area contributed by atoms with Crippen molar-refractivity contribution in [2.45, 2.75) is 18.8 Å². The van der Waals surface area contributed by atoms with Crippen molar-refractivity contribution in [2.75, 3.05) is 6.54 Å². The second-order valence-corrected chi connectivity index (χ2v) is 2.37. The van der Waals surface area contributed by atoms with E-state index in [2.05, 4.69) is 0 Å². The highest BCUT2D eigenvalue weighted by atomic mass is 19.3. The maximum absolute atomic E-state index is 11.9. The van der Waals surface area contributed by atoms with Crippen LogP contribution in [0.2, 0.25) is 0 Å². The van der Waals surface area contributed by atoms with Crippen LogP contribution in [0.15, 0.2) is 0 Å². The number of hydrogen-bond donors (Lipinski definition) is 1. The molecule has 0 aromatic rings. The topological polar surface area (TPSA) is 26.0 Å². The molecular weight excluding hydrogens is 112 g/mol. The molecule has 0 spiro atoms. The predicted octanol–water partition coefficient (Wildman–Crippen LogP) is 0.990. The molecule has 1 rings (SSSR count). The second kappa shape index (κ2) is 1.65. The minimum atomic E-state index is -2.38. The summed E-state index contributed by atoms with van der Waals surface area (Å²) in [6.45, 7) is 0.412. The maximum Gasteiger partial charge on any atom is 0.248 e. The summed E-state index contributed by atoms with van der Waals surface area (Å²) in [4.78, 5) is 0. The zero-order valence-corrected chi connectivity index (χ0v) is 4.53. The Bertz CT molecular complexity index is 84.4. The van der Waals surface area contributed by atoms with Crippen molar-refractivity contribution < 1.29 is 8.78 Å². The van der Waals surface area contributed by atoms with Crippen LogP contribution in [0.25, 0.3) is 0 Å². The molecule has 8 heavy (non-hydrogen) atoms. The minimum Gasteiger partial charge on any atom is -0.330 e. The van der Waals surface area contributed by atoms with Gasteiger partial charge in [0.25, 0.3) is 0 Å². The van der Waals surface area contributed by atoms with Crippen LogP contribution in [0.1, 0.15) is 12.8 Å². The molecule has 0 aromatic carbocycles. The van der Waals surface area contributed by atoms with Gasteiger partial charge in [0.05, 0.1) is 0 Å². The van der Waals surface area contributed by atoms with E-state index in [1.54, 1.807) is 0 Å². The maximum atomic E-state index is 11.9. The summed E-state index contributed by atoms with van der Waals surface area (Å²) in [6.07, 6.45) is 0.00694. The fourth-order valence-corrected chi connectivity index (χ4v) is 0.952. The number of alkyl halides is 2. The molecule has 0 saturated heterocycles. The lowest BCUT2D eigenvalue weighted by molar-refractivity contribution is -0.107. The van der Waals surface area contributed by atoms with Gasteiger partial charge in [-0.25, -0.2) is 8.78 Å². The Labute approximate surface area is 46.9 Å². The lowest BCUT2D eigenvalue weighted by Crippen LogP contribution is -2.39. The van der Waals surface area contributed by atoms with Crippen LogP contribution in [0.3, 0.4) is 0 Å². The van der Waals surface area contributed by atoms with Gasteiger partial charge in [0.1, 0.15) is 0 Å². The van der Waals surface area contributed by atoms with Gasteiger partial charge in [-0.1, -0.05) is 0 Å². The van der Waals surface area contributed by atoms with E-state index in [4.69, 9.17) is 5.73 Å². The van der Waals surface area contributed by atoms with Gasteiger partial charge in [-0.3, -0.25) is 0 Å². The molecule has 3 heteroatoms. The molecule has 2 N–H and O–H groups in total. The Morgan fingerprint density at radius 1 is 1.50 bits per heavy atom. The van der Waals surface area contributed by atoms with Gasteiger partial charge in [0.2, 0.25) is 5.92 Å². The van der Waals surface area contributed by atoms with Crippen LogP contribution < -0.4 is 5.73 Å². The van der Waals surface area contributed by atoms with E-state index in [0.29, 0.717) is 6.54 Å². The standard InChI is InChI=1S/C5H9F2N/c6-5(7)1-4(2-5)3-8/h4H,1-3,8H2. The molecule has 48 valence electrons. The summed E-state index contributed by atoms with van der Waals surface area (Å²) >= 11 is 0. The highest BCUT2D eigenvalue weighted by Gasteiger charge is 2.44. The van der Waals surface area contributed by atoms with Crippen molar-refractivity contribution >= 4 is 0 Å². The Hall–Kier alpha value is -0.180. The molecule has 0 amide bonds. The Kier molecular flexibility index (Phi) is 1.23. The smallest absolute Gasteiger partial charge is 0.248 e. The molecule has 0 bridgehead atoms. The molecule has 0 aromatic heterocycles. The highest BCUT2D eigenvalue weighted by molar-refractivity contribution is 4.86. The van der Waals surface area contributed by atoms with Gasteiger partial charge >= 0.3 is 0 Å².